The smallest absolute Gasteiger partial charge is 0.326 e. The van der Waals surface area contributed by atoms with Gasteiger partial charge in [-0.1, -0.05) is 19.8 Å². The molecule has 3 atom stereocenters. The van der Waals surface area contributed by atoms with Crippen molar-refractivity contribution in [1.29, 1.82) is 0 Å². The van der Waals surface area contributed by atoms with Crippen LogP contribution < -0.4 is 5.73 Å². The molecule has 0 radical (unpaired) electrons. The highest BCUT2D eigenvalue weighted by molar-refractivity contribution is 5.81. The Bertz CT molecular complexity index is 289. The average molecular weight is 255 g/mol. The maximum Gasteiger partial charge on any atom is 0.326 e. The second kappa shape index (κ2) is 6.02. The number of esters is 1. The number of rotatable bonds is 3. The number of ether oxygens (including phenoxy) is 2. The van der Waals surface area contributed by atoms with Crippen LogP contribution in [0.25, 0.3) is 0 Å². The summed E-state index contributed by atoms with van der Waals surface area (Å²) in [5.41, 5.74) is 5.48. The predicted octanol–water partition coefficient (Wildman–Crippen LogP) is 2.01. The normalized spacial score (nSPS) is 37.2. The monoisotopic (exact) mass is 255 g/mol. The number of hydrogen-bond acceptors (Lipinski definition) is 4. The maximum absolute atomic E-state index is 12.2. The van der Waals surface area contributed by atoms with Gasteiger partial charge in [-0.25, -0.2) is 0 Å². The van der Waals surface area contributed by atoms with Gasteiger partial charge in [-0.05, 0) is 38.0 Å². The zero-order valence-electron chi connectivity index (χ0n) is 11.3. The Balaban J connectivity index is 1.82. The fourth-order valence-electron chi connectivity index (χ4n) is 2.92. The molecule has 2 aliphatic rings. The van der Waals surface area contributed by atoms with Crippen LogP contribution in [0, 0.1) is 5.92 Å². The summed E-state index contributed by atoms with van der Waals surface area (Å²) in [5.74, 6) is -0.0186. The van der Waals surface area contributed by atoms with Crippen molar-refractivity contribution < 1.29 is 14.3 Å². The first kappa shape index (κ1) is 13.8. The van der Waals surface area contributed by atoms with Crippen molar-refractivity contribution in [3.63, 3.8) is 0 Å². The van der Waals surface area contributed by atoms with Gasteiger partial charge in [-0.15, -0.1) is 0 Å². The van der Waals surface area contributed by atoms with E-state index in [1.165, 1.54) is 6.42 Å². The lowest BCUT2D eigenvalue weighted by atomic mass is 9.74. The third-order valence-electron chi connectivity index (χ3n) is 4.41. The zero-order chi connectivity index (χ0) is 13.0. The molecule has 1 saturated carbocycles. The van der Waals surface area contributed by atoms with Gasteiger partial charge in [0.2, 0.25) is 0 Å². The van der Waals surface area contributed by atoms with E-state index in [4.69, 9.17) is 15.2 Å². The summed E-state index contributed by atoms with van der Waals surface area (Å²) in [6.45, 7) is 3.20. The highest BCUT2D eigenvalue weighted by Gasteiger charge is 2.42. The van der Waals surface area contributed by atoms with Gasteiger partial charge >= 0.3 is 5.97 Å². The van der Waals surface area contributed by atoms with Gasteiger partial charge in [0.15, 0.2) is 0 Å². The van der Waals surface area contributed by atoms with E-state index in [2.05, 4.69) is 6.92 Å². The van der Waals surface area contributed by atoms with Gasteiger partial charge in [0, 0.05) is 6.61 Å². The van der Waals surface area contributed by atoms with Gasteiger partial charge in [0.05, 0.1) is 6.10 Å². The second-order valence-corrected chi connectivity index (χ2v) is 5.77. The van der Waals surface area contributed by atoms with Gasteiger partial charge in [-0.2, -0.15) is 0 Å². The molecule has 2 N–H and O–H groups in total. The molecule has 1 aliphatic carbocycles. The fraction of sp³-hybridized carbons (Fsp3) is 0.929. The molecule has 1 aliphatic heterocycles. The van der Waals surface area contributed by atoms with Crippen LogP contribution in [0.4, 0.5) is 0 Å². The van der Waals surface area contributed by atoms with Crippen LogP contribution in [0.5, 0.6) is 0 Å². The number of hydrogen-bond donors (Lipinski definition) is 1. The van der Waals surface area contributed by atoms with Crippen LogP contribution in [-0.2, 0) is 14.3 Å². The summed E-state index contributed by atoms with van der Waals surface area (Å²) in [4.78, 5) is 12.2. The van der Waals surface area contributed by atoms with E-state index in [-0.39, 0.29) is 18.0 Å². The van der Waals surface area contributed by atoms with Crippen molar-refractivity contribution in [2.75, 3.05) is 13.2 Å². The van der Waals surface area contributed by atoms with Crippen LogP contribution in [0.3, 0.4) is 0 Å². The first-order chi connectivity index (χ1) is 8.63. The first-order valence-electron chi connectivity index (χ1n) is 7.20. The molecule has 0 spiro atoms. The Labute approximate surface area is 109 Å². The Kier molecular flexibility index (Phi) is 4.62. The Morgan fingerprint density at radius 2 is 2.11 bits per heavy atom. The predicted molar refractivity (Wildman–Crippen MR) is 69.1 cm³/mol. The lowest BCUT2D eigenvalue weighted by molar-refractivity contribution is -0.159. The molecule has 1 heterocycles. The molecule has 18 heavy (non-hydrogen) atoms. The van der Waals surface area contributed by atoms with Crippen molar-refractivity contribution >= 4 is 5.97 Å². The molecule has 4 heteroatoms. The molecule has 0 amide bonds. The lowest BCUT2D eigenvalue weighted by Gasteiger charge is -2.37. The van der Waals surface area contributed by atoms with Crippen LogP contribution in [0.1, 0.15) is 51.9 Å². The average Bonchev–Trinajstić information content (AvgIpc) is 2.40. The first-order valence-corrected chi connectivity index (χ1v) is 7.20. The van der Waals surface area contributed by atoms with Crippen molar-refractivity contribution in [3.8, 4) is 0 Å². The molecule has 0 aromatic carbocycles. The van der Waals surface area contributed by atoms with Crippen molar-refractivity contribution in [2.45, 2.75) is 63.5 Å². The Morgan fingerprint density at radius 1 is 1.33 bits per heavy atom. The summed E-state index contributed by atoms with van der Waals surface area (Å²) < 4.78 is 11.0. The summed E-state index contributed by atoms with van der Waals surface area (Å²) in [6, 6.07) is 0. The van der Waals surface area contributed by atoms with E-state index >= 15 is 0 Å². The molecule has 1 saturated heterocycles. The summed E-state index contributed by atoms with van der Waals surface area (Å²) in [7, 11) is 0. The largest absolute Gasteiger partial charge is 0.462 e. The van der Waals surface area contributed by atoms with E-state index < -0.39 is 5.54 Å². The number of carbonyl (C=O) groups is 1. The van der Waals surface area contributed by atoms with Crippen molar-refractivity contribution in [2.24, 2.45) is 11.7 Å². The lowest BCUT2D eigenvalue weighted by Crippen LogP contribution is -2.56. The van der Waals surface area contributed by atoms with E-state index in [0.29, 0.717) is 6.61 Å². The minimum absolute atomic E-state index is 0.0743. The molecule has 3 unspecified atom stereocenters. The molecule has 2 fully saturated rings. The molecule has 2 rings (SSSR count). The molecule has 0 bridgehead atoms. The van der Waals surface area contributed by atoms with E-state index in [1.807, 2.05) is 0 Å². The topological polar surface area (TPSA) is 61.6 Å². The Hall–Kier alpha value is -0.610. The van der Waals surface area contributed by atoms with Gasteiger partial charge in [-0.3, -0.25) is 4.79 Å². The van der Waals surface area contributed by atoms with Crippen molar-refractivity contribution in [3.05, 3.63) is 0 Å². The fourth-order valence-corrected chi connectivity index (χ4v) is 2.92. The van der Waals surface area contributed by atoms with Gasteiger partial charge < -0.3 is 15.2 Å². The quantitative estimate of drug-likeness (QED) is 0.784. The molecule has 4 nitrogen and oxygen atoms in total. The SMILES string of the molecule is CC1CCCCC1(N)C(=O)OCC1CCCCO1. The van der Waals surface area contributed by atoms with Crippen LogP contribution in [-0.4, -0.2) is 30.8 Å². The third-order valence-corrected chi connectivity index (χ3v) is 4.41. The highest BCUT2D eigenvalue weighted by atomic mass is 16.6. The summed E-state index contributed by atoms with van der Waals surface area (Å²) in [6.07, 6.45) is 7.29. The summed E-state index contributed by atoms with van der Waals surface area (Å²) >= 11 is 0. The minimum atomic E-state index is -0.771. The maximum atomic E-state index is 12.2. The Morgan fingerprint density at radius 3 is 2.78 bits per heavy atom. The zero-order valence-corrected chi connectivity index (χ0v) is 11.3. The highest BCUT2D eigenvalue weighted by Crippen LogP contribution is 2.32. The van der Waals surface area contributed by atoms with E-state index in [0.717, 1.165) is 45.1 Å². The molecule has 0 aromatic heterocycles. The molecular formula is C14H25NO3. The van der Waals surface area contributed by atoms with Crippen LogP contribution >= 0.6 is 0 Å². The van der Waals surface area contributed by atoms with E-state index in [1.54, 1.807) is 0 Å². The van der Waals surface area contributed by atoms with Crippen LogP contribution in [0.15, 0.2) is 0 Å². The third kappa shape index (κ3) is 3.04. The van der Waals surface area contributed by atoms with E-state index in [9.17, 15) is 4.79 Å². The molecule has 0 aromatic rings. The van der Waals surface area contributed by atoms with Crippen LogP contribution in [0.2, 0.25) is 0 Å². The number of carbonyl (C=O) groups excluding carboxylic acids is 1. The minimum Gasteiger partial charge on any atom is -0.462 e. The second-order valence-electron chi connectivity index (χ2n) is 5.77. The number of nitrogens with two attached hydrogens (primary N) is 1. The van der Waals surface area contributed by atoms with Gasteiger partial charge in [0.1, 0.15) is 12.1 Å². The standard InChI is InChI=1S/C14H25NO3/c1-11-6-2-4-8-14(11,15)13(16)18-10-12-7-3-5-9-17-12/h11-12H,2-10,15H2,1H3. The molecular weight excluding hydrogens is 230 g/mol. The van der Waals surface area contributed by atoms with Gasteiger partial charge in [0.25, 0.3) is 0 Å². The summed E-state index contributed by atoms with van der Waals surface area (Å²) in [5, 5.41) is 0. The molecule has 104 valence electrons. The van der Waals surface area contributed by atoms with Crippen molar-refractivity contribution in [1.82, 2.24) is 0 Å².